The van der Waals surface area contributed by atoms with Gasteiger partial charge in [0.05, 0.1) is 10.4 Å². The minimum absolute atomic E-state index is 0.0218. The number of anilines is 1. The third kappa shape index (κ3) is 5.50. The standard InChI is InChI=1S/C25H19N3O3S/c26-25-28-24-22(30)15-18(16-23(24)32-25)6-4-12-31-21-8-3-5-17(14-21)13-20(29)10-9-19-7-1-2-11-27-19/h1-3,5,7-11,14-16,30H,12-13H2,(H2,26,28)/b10-9+. The summed E-state index contributed by atoms with van der Waals surface area (Å²) in [6, 6.07) is 16.3. The van der Waals surface area contributed by atoms with Crippen molar-refractivity contribution in [1.82, 2.24) is 9.97 Å². The molecule has 4 rings (SSSR count). The smallest absolute Gasteiger partial charge is 0.181 e. The van der Waals surface area contributed by atoms with Crippen LogP contribution >= 0.6 is 11.3 Å². The van der Waals surface area contributed by atoms with Gasteiger partial charge in [-0.05, 0) is 54.1 Å². The van der Waals surface area contributed by atoms with Crippen LogP contribution in [-0.2, 0) is 11.2 Å². The second-order valence-electron chi connectivity index (χ2n) is 6.86. The number of carbonyl (C=O) groups excluding carboxylic acids is 1. The van der Waals surface area contributed by atoms with Crippen molar-refractivity contribution in [3.8, 4) is 23.3 Å². The SMILES string of the molecule is Nc1nc2c(O)cc(C#CCOc3cccc(CC(=O)/C=C/c4ccccn4)c3)cc2s1. The fourth-order valence-electron chi connectivity index (χ4n) is 3.02. The predicted octanol–water partition coefficient (Wildman–Crippen LogP) is 4.23. The van der Waals surface area contributed by atoms with Gasteiger partial charge >= 0.3 is 0 Å². The number of ether oxygens (including phenoxy) is 1. The van der Waals surface area contributed by atoms with Crippen molar-refractivity contribution in [3.05, 3.63) is 83.7 Å². The molecule has 2 heterocycles. The predicted molar refractivity (Wildman–Crippen MR) is 126 cm³/mol. The Hall–Kier alpha value is -4.15. The van der Waals surface area contributed by atoms with Gasteiger partial charge in [0, 0.05) is 18.2 Å². The number of carbonyl (C=O) groups is 1. The van der Waals surface area contributed by atoms with E-state index in [1.54, 1.807) is 18.3 Å². The molecular formula is C25H19N3O3S. The Kier molecular flexibility index (Phi) is 6.44. The molecule has 0 aliphatic rings. The maximum Gasteiger partial charge on any atom is 0.181 e. The van der Waals surface area contributed by atoms with E-state index in [9.17, 15) is 9.90 Å². The van der Waals surface area contributed by atoms with Crippen LogP contribution in [0, 0.1) is 11.8 Å². The first kappa shape index (κ1) is 21.1. The third-order valence-corrected chi connectivity index (χ3v) is 5.27. The van der Waals surface area contributed by atoms with Crippen molar-refractivity contribution in [1.29, 1.82) is 0 Å². The summed E-state index contributed by atoms with van der Waals surface area (Å²) >= 11 is 1.30. The van der Waals surface area contributed by atoms with Crippen LogP contribution in [0.5, 0.6) is 11.5 Å². The fraction of sp³-hybridized carbons (Fsp3) is 0.0800. The molecular weight excluding hydrogens is 422 g/mol. The number of pyridine rings is 1. The maximum absolute atomic E-state index is 12.2. The molecule has 0 bridgehead atoms. The zero-order valence-corrected chi connectivity index (χ0v) is 17.8. The summed E-state index contributed by atoms with van der Waals surface area (Å²) in [5, 5.41) is 10.5. The summed E-state index contributed by atoms with van der Waals surface area (Å²) in [5.74, 6) is 6.56. The summed E-state index contributed by atoms with van der Waals surface area (Å²) in [4.78, 5) is 20.5. The monoisotopic (exact) mass is 441 g/mol. The van der Waals surface area contributed by atoms with E-state index in [1.165, 1.54) is 17.4 Å². The lowest BCUT2D eigenvalue weighted by atomic mass is 10.1. The lowest BCUT2D eigenvalue weighted by Crippen LogP contribution is -2.00. The molecule has 0 saturated carbocycles. The topological polar surface area (TPSA) is 98.3 Å². The number of benzene rings is 2. The summed E-state index contributed by atoms with van der Waals surface area (Å²) < 4.78 is 6.48. The molecule has 0 aliphatic carbocycles. The first-order valence-corrected chi connectivity index (χ1v) is 10.6. The lowest BCUT2D eigenvalue weighted by Gasteiger charge is -2.04. The number of thiazole rings is 1. The second kappa shape index (κ2) is 9.77. The first-order chi connectivity index (χ1) is 15.6. The Balaban J connectivity index is 1.35. The highest BCUT2D eigenvalue weighted by atomic mass is 32.1. The molecule has 0 atom stereocenters. The highest BCUT2D eigenvalue weighted by molar-refractivity contribution is 7.22. The molecule has 0 fully saturated rings. The summed E-state index contributed by atoms with van der Waals surface area (Å²) in [6.07, 6.45) is 5.19. The van der Waals surface area contributed by atoms with Gasteiger partial charge in [0.1, 0.15) is 23.6 Å². The number of hydrogen-bond donors (Lipinski definition) is 2. The number of rotatable bonds is 6. The van der Waals surface area contributed by atoms with E-state index in [2.05, 4.69) is 21.8 Å². The Bertz CT molecular complexity index is 1350. The third-order valence-electron chi connectivity index (χ3n) is 4.44. The van der Waals surface area contributed by atoms with E-state index in [-0.39, 0.29) is 24.6 Å². The number of hydrogen-bond acceptors (Lipinski definition) is 7. The highest BCUT2D eigenvalue weighted by Gasteiger charge is 2.07. The molecule has 6 nitrogen and oxygen atoms in total. The number of fused-ring (bicyclic) bond motifs is 1. The number of nitrogen functional groups attached to an aromatic ring is 1. The molecule has 4 aromatic rings. The van der Waals surface area contributed by atoms with E-state index in [1.807, 2.05) is 48.5 Å². The van der Waals surface area contributed by atoms with Crippen LogP contribution in [0.2, 0.25) is 0 Å². The van der Waals surface area contributed by atoms with Gasteiger partial charge < -0.3 is 15.6 Å². The minimum Gasteiger partial charge on any atom is -0.506 e. The van der Waals surface area contributed by atoms with Crippen LogP contribution in [0.4, 0.5) is 5.13 Å². The number of nitrogens with zero attached hydrogens (tertiary/aromatic N) is 2. The van der Waals surface area contributed by atoms with Crippen molar-refractivity contribution < 1.29 is 14.6 Å². The maximum atomic E-state index is 12.2. The average Bonchev–Trinajstić information content (AvgIpc) is 3.17. The number of aromatic nitrogens is 2. The van der Waals surface area contributed by atoms with Crippen LogP contribution in [0.3, 0.4) is 0 Å². The van der Waals surface area contributed by atoms with Crippen molar-refractivity contribution >= 4 is 38.5 Å². The molecule has 0 saturated heterocycles. The van der Waals surface area contributed by atoms with Crippen molar-refractivity contribution in [3.63, 3.8) is 0 Å². The number of aromatic hydroxyl groups is 1. The van der Waals surface area contributed by atoms with Crippen LogP contribution < -0.4 is 10.5 Å². The van der Waals surface area contributed by atoms with Crippen LogP contribution in [0.1, 0.15) is 16.8 Å². The number of allylic oxidation sites excluding steroid dienone is 1. The fourth-order valence-corrected chi connectivity index (χ4v) is 3.81. The van der Waals surface area contributed by atoms with Crippen LogP contribution in [0.15, 0.2) is 66.9 Å². The van der Waals surface area contributed by atoms with E-state index in [0.717, 1.165) is 16.0 Å². The van der Waals surface area contributed by atoms with Crippen molar-refractivity contribution in [2.75, 3.05) is 12.3 Å². The normalized spacial score (nSPS) is 10.8. The Morgan fingerprint density at radius 1 is 1.19 bits per heavy atom. The molecule has 158 valence electrons. The van der Waals surface area contributed by atoms with Gasteiger partial charge in [0.15, 0.2) is 10.9 Å². The Morgan fingerprint density at radius 3 is 2.94 bits per heavy atom. The van der Waals surface area contributed by atoms with Gasteiger partial charge in [-0.3, -0.25) is 9.78 Å². The largest absolute Gasteiger partial charge is 0.506 e. The molecule has 0 amide bonds. The van der Waals surface area contributed by atoms with E-state index in [0.29, 0.717) is 22.0 Å². The highest BCUT2D eigenvalue weighted by Crippen LogP contribution is 2.31. The van der Waals surface area contributed by atoms with Gasteiger partial charge in [0.2, 0.25) is 0 Å². The number of phenolic OH excluding ortho intramolecular Hbond substituents is 1. The van der Waals surface area contributed by atoms with Crippen molar-refractivity contribution in [2.45, 2.75) is 6.42 Å². The molecule has 2 aromatic carbocycles. The van der Waals surface area contributed by atoms with Crippen molar-refractivity contribution in [2.24, 2.45) is 0 Å². The molecule has 3 N–H and O–H groups in total. The van der Waals surface area contributed by atoms with Gasteiger partial charge in [-0.1, -0.05) is 41.4 Å². The lowest BCUT2D eigenvalue weighted by molar-refractivity contribution is -0.113. The molecule has 0 unspecified atom stereocenters. The van der Waals surface area contributed by atoms with E-state index < -0.39 is 0 Å². The quantitative estimate of drug-likeness (QED) is 0.343. The van der Waals surface area contributed by atoms with Gasteiger partial charge in [0.25, 0.3) is 0 Å². The number of phenols is 1. The zero-order valence-electron chi connectivity index (χ0n) is 17.0. The molecule has 0 spiro atoms. The minimum atomic E-state index is -0.0218. The van der Waals surface area contributed by atoms with E-state index in [4.69, 9.17) is 10.5 Å². The Labute approximate surface area is 189 Å². The number of ketones is 1. The molecule has 0 aliphatic heterocycles. The van der Waals surface area contributed by atoms with Crippen LogP contribution in [0.25, 0.3) is 16.3 Å². The van der Waals surface area contributed by atoms with E-state index >= 15 is 0 Å². The molecule has 0 radical (unpaired) electrons. The van der Waals surface area contributed by atoms with Gasteiger partial charge in [-0.25, -0.2) is 4.98 Å². The molecule has 2 aromatic heterocycles. The molecule has 7 heteroatoms. The second-order valence-corrected chi connectivity index (χ2v) is 7.93. The Morgan fingerprint density at radius 2 is 2.09 bits per heavy atom. The van der Waals surface area contributed by atoms with Crippen LogP contribution in [-0.4, -0.2) is 27.5 Å². The van der Waals surface area contributed by atoms with Gasteiger partial charge in [-0.15, -0.1) is 0 Å². The zero-order chi connectivity index (χ0) is 22.3. The number of nitrogens with two attached hydrogens (primary N) is 1. The summed E-state index contributed by atoms with van der Waals surface area (Å²) in [6.45, 7) is 0.167. The summed E-state index contributed by atoms with van der Waals surface area (Å²) in [5.41, 5.74) is 8.42. The first-order valence-electron chi connectivity index (χ1n) is 9.78. The average molecular weight is 442 g/mol. The summed E-state index contributed by atoms with van der Waals surface area (Å²) in [7, 11) is 0. The molecule has 32 heavy (non-hydrogen) atoms. The van der Waals surface area contributed by atoms with Gasteiger partial charge in [-0.2, -0.15) is 0 Å².